The smallest absolute Gasteiger partial charge is 0.269 e. The van der Waals surface area contributed by atoms with Crippen molar-refractivity contribution in [3.8, 4) is 0 Å². The number of nitrogens with zero attached hydrogens (tertiary/aromatic N) is 6. The van der Waals surface area contributed by atoms with E-state index < -0.39 is 0 Å². The van der Waals surface area contributed by atoms with Gasteiger partial charge in [0.2, 0.25) is 0 Å². The molecule has 0 saturated carbocycles. The summed E-state index contributed by atoms with van der Waals surface area (Å²) >= 11 is 29.0. The molecule has 105 heavy (non-hydrogen) atoms. The van der Waals surface area contributed by atoms with Crippen molar-refractivity contribution in [2.45, 2.75) is 146 Å². The van der Waals surface area contributed by atoms with Crippen molar-refractivity contribution in [2.75, 3.05) is 14.1 Å². The Hall–Kier alpha value is -8.58. The number of fused-ring (bicyclic) bond motifs is 8. The Kier molecular flexibility index (Phi) is 49.7. The summed E-state index contributed by atoms with van der Waals surface area (Å²) in [6.07, 6.45) is 0. The maximum atomic E-state index is 11.4. The number of amides is 1. The van der Waals surface area contributed by atoms with Gasteiger partial charge in [-0.15, -0.1) is 22.7 Å². The summed E-state index contributed by atoms with van der Waals surface area (Å²) in [5.74, 6) is 0.719. The molecule has 0 aliphatic carbocycles. The predicted octanol–water partition coefficient (Wildman–Crippen LogP) is 28.8. The van der Waals surface area contributed by atoms with E-state index in [0.29, 0.717) is 15.4 Å². The number of carbonyl (C=O) groups excluding carboxylic acids is 1. The van der Waals surface area contributed by atoms with Gasteiger partial charge in [0, 0.05) is 51.8 Å². The van der Waals surface area contributed by atoms with Gasteiger partial charge in [-0.1, -0.05) is 336 Å². The number of aryl methyl sites for hydroxylation is 6. The van der Waals surface area contributed by atoms with Gasteiger partial charge in [0.25, 0.3) is 10.7 Å². The fourth-order valence-corrected chi connectivity index (χ4v) is 12.6. The summed E-state index contributed by atoms with van der Waals surface area (Å²) in [7, 11) is 7.50. The quantitative estimate of drug-likeness (QED) is 0.136. The number of para-hydroxylation sites is 6. The molecule has 0 bridgehead atoms. The number of hydrogen-bond acceptors (Lipinski definition) is 12. The van der Waals surface area contributed by atoms with Gasteiger partial charge in [-0.2, -0.15) is 0 Å². The largest absolute Gasteiger partial charge is 0.441 e. The minimum atomic E-state index is -0.00407. The molecule has 0 N–H and O–H groups in total. The normalized spacial score (nSPS) is 10.3. The van der Waals surface area contributed by atoms with E-state index in [1.807, 2.05) is 281 Å². The van der Waals surface area contributed by atoms with Crippen LogP contribution < -0.4 is 0 Å². The van der Waals surface area contributed by atoms with Gasteiger partial charge in [0.1, 0.15) is 20.5 Å². The first-order chi connectivity index (χ1) is 50.5. The van der Waals surface area contributed by atoms with Crippen LogP contribution in [0.3, 0.4) is 0 Å². The van der Waals surface area contributed by atoms with E-state index in [-0.39, 0.29) is 13.3 Å². The first-order valence-electron chi connectivity index (χ1n) is 35.9. The molecule has 560 valence electrons. The van der Waals surface area contributed by atoms with Crippen LogP contribution in [0.2, 0.25) is 0 Å². The summed E-state index contributed by atoms with van der Waals surface area (Å²) < 4.78 is 17.9. The van der Waals surface area contributed by atoms with Gasteiger partial charge in [-0.05, 0) is 127 Å². The molecular formula is C89H114N6O3S7. The highest BCUT2D eigenvalue weighted by Gasteiger charge is 2.28. The summed E-state index contributed by atoms with van der Waals surface area (Å²) in [6, 6.07) is 77.1. The molecule has 6 heterocycles. The van der Waals surface area contributed by atoms with Crippen LogP contribution in [0.4, 0.5) is 0 Å². The van der Waals surface area contributed by atoms with Crippen LogP contribution >= 0.6 is 83.8 Å². The Labute approximate surface area is 663 Å². The van der Waals surface area contributed by atoms with Crippen molar-refractivity contribution >= 4 is 169 Å². The number of oxazole rings is 2. The van der Waals surface area contributed by atoms with Crippen molar-refractivity contribution in [1.82, 2.24) is 28.9 Å². The van der Waals surface area contributed by atoms with Gasteiger partial charge in [0.15, 0.2) is 21.0 Å². The Morgan fingerprint density at radius 2 is 0.790 bits per heavy atom. The Balaban J connectivity index is 0.00000114. The molecule has 0 spiro atoms. The lowest BCUT2D eigenvalue weighted by Gasteiger charge is -2.08. The zero-order valence-corrected chi connectivity index (χ0v) is 71.4. The molecule has 0 saturated heterocycles. The maximum Gasteiger partial charge on any atom is 0.269 e. The number of thiazole rings is 2. The highest BCUT2D eigenvalue weighted by atomic mass is 32.1. The van der Waals surface area contributed by atoms with Crippen LogP contribution in [0.1, 0.15) is 167 Å². The molecule has 0 fully saturated rings. The van der Waals surface area contributed by atoms with Crippen LogP contribution in [0.5, 0.6) is 0 Å². The third-order valence-corrected chi connectivity index (χ3v) is 18.4. The average molecular weight is 1540 g/mol. The molecule has 16 rings (SSSR count). The average Bonchev–Trinajstić information content (AvgIpc) is 1.67. The Morgan fingerprint density at radius 1 is 0.362 bits per heavy atom. The molecule has 0 radical (unpaired) electrons. The van der Waals surface area contributed by atoms with Crippen LogP contribution in [-0.2, 0) is 14.1 Å². The maximum absolute atomic E-state index is 11.4. The minimum Gasteiger partial charge on any atom is -0.441 e. The number of thiocarbonyl (C=S) groups is 3. The molecule has 2 aliphatic heterocycles. The SMILES string of the molecule is C.CC.CC.CC.CC.CC.CC.CC.CC.CN1C(=O)c2ccccc2C1=S.CN1C(=S)c2ccccc2C1=S.Cc1ccc2ccccc2c1.Cc1cccc2ccccc12.Cc1nc2ccccc2o1.Cc1nc2ccccc2s1.Cn1c(=S)oc2ccccc21.Cn1c(=S)sc2ccccc21. The molecule has 2 aliphatic rings. The van der Waals surface area contributed by atoms with Gasteiger partial charge < -0.3 is 27.8 Å². The van der Waals surface area contributed by atoms with Crippen molar-refractivity contribution in [3.63, 3.8) is 0 Å². The lowest BCUT2D eigenvalue weighted by molar-refractivity contribution is 0.0884. The summed E-state index contributed by atoms with van der Waals surface area (Å²) in [4.78, 5) is 26.1. The highest BCUT2D eigenvalue weighted by molar-refractivity contribution is 7.82. The lowest BCUT2D eigenvalue weighted by Crippen LogP contribution is -2.23. The van der Waals surface area contributed by atoms with Crippen molar-refractivity contribution in [2.24, 2.45) is 14.1 Å². The van der Waals surface area contributed by atoms with Gasteiger partial charge in [0.05, 0.1) is 36.5 Å². The molecule has 0 atom stereocenters. The Bertz CT molecular complexity index is 4560. The molecular weight excluding hydrogens is 1430 g/mol. The van der Waals surface area contributed by atoms with E-state index in [1.54, 1.807) is 35.8 Å². The van der Waals surface area contributed by atoms with Gasteiger partial charge >= 0.3 is 0 Å². The third-order valence-electron chi connectivity index (χ3n) is 14.1. The van der Waals surface area contributed by atoms with Crippen molar-refractivity contribution in [1.29, 1.82) is 0 Å². The van der Waals surface area contributed by atoms with Crippen LogP contribution in [-0.4, -0.2) is 63.9 Å². The number of hydrogen-bond donors (Lipinski definition) is 0. The monoisotopic (exact) mass is 1540 g/mol. The minimum absolute atomic E-state index is 0. The second-order valence-corrected chi connectivity index (χ2v) is 24.7. The molecule has 14 aromatic rings. The topological polar surface area (TPSA) is 85.5 Å². The fraction of sp³-hybridized carbons (Fsp3) is 0.281. The molecule has 16 heteroatoms. The van der Waals surface area contributed by atoms with Crippen LogP contribution in [0, 0.1) is 36.5 Å². The number of carbonyl (C=O) groups is 1. The number of aromatic nitrogens is 4. The standard InChI is InChI=1S/2C11H10.C9H7NOS.C9H7NS2.C8H7NOS.C8H7NO.C8H7NS2.C8H7NS.8C2H6.CH4/c1-9-5-4-7-10-6-2-3-8-11(9)10;1-9-6-7-10-4-2-3-5-11(10)8-9;2*1-10-8(11)6-4-2-3-5-7(6)9(10)12;1-9-6-4-2-3-5-7(6)10-8(9)11;1-6-9-7-4-2-3-5-8(7)10-6;1-9-6-4-2-3-5-7(6)11-8(9)10;1-6-9-7-4-2-3-5-8(7)10-6;8*1-2;/h2*2-8H,1H3;2*2-5H,1H3;2-5H,1H3;2-5H,1H3;2-5H,1H3;2-5H,1H3;8*1-2H3;1H4. The fourth-order valence-electron chi connectivity index (χ4n) is 9.45. The summed E-state index contributed by atoms with van der Waals surface area (Å²) in [5, 5.41) is 6.47. The number of benzene rings is 10. The lowest BCUT2D eigenvalue weighted by atomic mass is 10.1. The third kappa shape index (κ3) is 28.7. The molecule has 10 aromatic carbocycles. The molecule has 0 unspecified atom stereocenters. The van der Waals surface area contributed by atoms with E-state index in [2.05, 4.69) is 127 Å². The Morgan fingerprint density at radius 3 is 1.31 bits per heavy atom. The van der Waals surface area contributed by atoms with E-state index in [0.717, 1.165) is 69.2 Å². The van der Waals surface area contributed by atoms with Gasteiger partial charge in [-0.25, -0.2) is 9.97 Å². The van der Waals surface area contributed by atoms with Crippen LogP contribution in [0.15, 0.2) is 239 Å². The van der Waals surface area contributed by atoms with Crippen molar-refractivity contribution in [3.05, 3.63) is 284 Å². The zero-order valence-electron chi connectivity index (χ0n) is 65.7. The zero-order chi connectivity index (χ0) is 78.4. The number of rotatable bonds is 0. The summed E-state index contributed by atoms with van der Waals surface area (Å²) in [6.45, 7) is 40.1. The van der Waals surface area contributed by atoms with E-state index in [9.17, 15) is 4.79 Å². The van der Waals surface area contributed by atoms with Gasteiger partial charge in [-0.3, -0.25) is 4.79 Å². The second kappa shape index (κ2) is 54.1. The first-order valence-corrected chi connectivity index (χ1v) is 39.6. The summed E-state index contributed by atoms with van der Waals surface area (Å²) in [5.41, 5.74) is 12.4. The molecule has 1 amide bonds. The predicted molar refractivity (Wildman–Crippen MR) is 483 cm³/mol. The van der Waals surface area contributed by atoms with Crippen LogP contribution in [0.25, 0.3) is 64.2 Å². The van der Waals surface area contributed by atoms with E-state index in [4.69, 9.17) is 69.9 Å². The van der Waals surface area contributed by atoms with E-state index >= 15 is 0 Å². The molecule has 4 aromatic heterocycles. The van der Waals surface area contributed by atoms with Crippen molar-refractivity contribution < 1.29 is 13.6 Å². The molecule has 9 nitrogen and oxygen atoms in total. The highest BCUT2D eigenvalue weighted by Crippen LogP contribution is 2.25. The van der Waals surface area contributed by atoms with E-state index in [1.165, 1.54) is 52.5 Å². The second-order valence-electron chi connectivity index (χ2n) is 20.3. The first kappa shape index (κ1) is 96.4.